The van der Waals surface area contributed by atoms with Gasteiger partial charge in [0.25, 0.3) is 0 Å². The molecule has 0 aliphatic carbocycles. The lowest BCUT2D eigenvalue weighted by Crippen LogP contribution is -2.55. The molecule has 0 saturated carbocycles. The van der Waals surface area contributed by atoms with E-state index in [0.717, 1.165) is 30.1 Å². The topological polar surface area (TPSA) is 33.7 Å². The first-order chi connectivity index (χ1) is 14.1. The molecule has 156 valence electrons. The molecule has 29 heavy (non-hydrogen) atoms. The van der Waals surface area contributed by atoms with Crippen molar-refractivity contribution in [3.8, 4) is 11.5 Å². The lowest BCUT2D eigenvalue weighted by Gasteiger charge is -2.45. The van der Waals surface area contributed by atoms with Gasteiger partial charge in [-0.1, -0.05) is 23.7 Å². The molecule has 3 saturated heterocycles. The summed E-state index contributed by atoms with van der Waals surface area (Å²) in [6.07, 6.45) is 2.58. The molecule has 2 aromatic rings. The molecule has 2 aromatic carbocycles. The summed E-state index contributed by atoms with van der Waals surface area (Å²) in [5, 5.41) is 4.25. The second kappa shape index (κ2) is 9.33. The van der Waals surface area contributed by atoms with E-state index in [-0.39, 0.29) is 5.82 Å². The Bertz CT molecular complexity index is 822. The van der Waals surface area contributed by atoms with Crippen molar-refractivity contribution < 1.29 is 13.9 Å². The molecule has 2 bridgehead atoms. The van der Waals surface area contributed by atoms with E-state index in [1.165, 1.54) is 38.1 Å². The number of benzene rings is 2. The summed E-state index contributed by atoms with van der Waals surface area (Å²) in [6.45, 7) is 7.14. The first kappa shape index (κ1) is 20.5. The van der Waals surface area contributed by atoms with Gasteiger partial charge in [-0.15, -0.1) is 0 Å². The highest BCUT2D eigenvalue weighted by atomic mass is 35.5. The van der Waals surface area contributed by atoms with Gasteiger partial charge in [0.2, 0.25) is 0 Å². The minimum Gasteiger partial charge on any atom is -0.490 e. The van der Waals surface area contributed by atoms with Crippen LogP contribution in [0.25, 0.3) is 0 Å². The minimum atomic E-state index is -0.262. The third-order valence-corrected chi connectivity index (χ3v) is 6.17. The molecule has 1 atom stereocenters. The van der Waals surface area contributed by atoms with Gasteiger partial charge >= 0.3 is 0 Å². The van der Waals surface area contributed by atoms with Crippen LogP contribution in [-0.4, -0.2) is 37.2 Å². The van der Waals surface area contributed by atoms with Crippen LogP contribution in [0.15, 0.2) is 36.4 Å². The van der Waals surface area contributed by atoms with E-state index in [9.17, 15) is 4.39 Å². The Hall–Kier alpha value is -1.82. The molecule has 3 aliphatic rings. The van der Waals surface area contributed by atoms with Crippen LogP contribution in [0, 0.1) is 11.7 Å². The summed E-state index contributed by atoms with van der Waals surface area (Å²) >= 11 is 6.55. The number of piperidine rings is 3. The highest BCUT2D eigenvalue weighted by molar-refractivity contribution is 6.32. The highest BCUT2D eigenvalue weighted by Gasteiger charge is 2.33. The lowest BCUT2D eigenvalue weighted by atomic mass is 9.84. The van der Waals surface area contributed by atoms with Crippen molar-refractivity contribution in [1.82, 2.24) is 10.2 Å². The zero-order chi connectivity index (χ0) is 20.2. The van der Waals surface area contributed by atoms with E-state index < -0.39 is 0 Å². The second-order valence-corrected chi connectivity index (χ2v) is 8.29. The summed E-state index contributed by atoms with van der Waals surface area (Å²) in [5.41, 5.74) is 1.96. The molecule has 0 spiro atoms. The Balaban J connectivity index is 1.43. The van der Waals surface area contributed by atoms with Gasteiger partial charge in [0.1, 0.15) is 12.4 Å². The minimum absolute atomic E-state index is 0.262. The van der Waals surface area contributed by atoms with Crippen molar-refractivity contribution >= 4 is 11.6 Å². The third-order valence-electron chi connectivity index (χ3n) is 5.89. The Labute approximate surface area is 176 Å². The summed E-state index contributed by atoms with van der Waals surface area (Å²) in [6, 6.07) is 10.7. The van der Waals surface area contributed by atoms with Gasteiger partial charge in [-0.25, -0.2) is 4.39 Å². The molecule has 0 aromatic heterocycles. The predicted octanol–water partition coefficient (Wildman–Crippen LogP) is 4.64. The molecule has 4 nitrogen and oxygen atoms in total. The van der Waals surface area contributed by atoms with Crippen LogP contribution in [0.1, 0.15) is 30.9 Å². The number of halogens is 2. The van der Waals surface area contributed by atoms with Crippen molar-refractivity contribution in [3.05, 3.63) is 58.4 Å². The first-order valence-electron chi connectivity index (χ1n) is 10.4. The smallest absolute Gasteiger partial charge is 0.180 e. The van der Waals surface area contributed by atoms with Crippen molar-refractivity contribution in [2.24, 2.45) is 5.92 Å². The van der Waals surface area contributed by atoms with Gasteiger partial charge in [-0.3, -0.25) is 0 Å². The molecule has 3 fully saturated rings. The quantitative estimate of drug-likeness (QED) is 0.677. The van der Waals surface area contributed by atoms with Crippen LogP contribution in [0.3, 0.4) is 0 Å². The fraction of sp³-hybridized carbons (Fsp3) is 0.478. The van der Waals surface area contributed by atoms with Gasteiger partial charge in [0, 0.05) is 19.1 Å². The van der Waals surface area contributed by atoms with Gasteiger partial charge in [0.15, 0.2) is 11.5 Å². The summed E-state index contributed by atoms with van der Waals surface area (Å²) in [7, 11) is 0. The van der Waals surface area contributed by atoms with Gasteiger partial charge in [-0.2, -0.15) is 0 Å². The van der Waals surface area contributed by atoms with E-state index in [1.54, 1.807) is 12.1 Å². The zero-order valence-corrected chi connectivity index (χ0v) is 17.6. The van der Waals surface area contributed by atoms with E-state index in [2.05, 4.69) is 10.2 Å². The molecule has 3 heterocycles. The van der Waals surface area contributed by atoms with E-state index in [1.807, 2.05) is 19.1 Å². The van der Waals surface area contributed by atoms with Crippen molar-refractivity contribution in [3.63, 3.8) is 0 Å². The molecule has 1 N–H and O–H groups in total. The number of ether oxygens (including phenoxy) is 2. The number of rotatable bonds is 8. The van der Waals surface area contributed by atoms with E-state index in [4.69, 9.17) is 21.1 Å². The molecule has 1 unspecified atom stereocenters. The summed E-state index contributed by atoms with van der Waals surface area (Å²) in [5.74, 6) is 1.69. The largest absolute Gasteiger partial charge is 0.490 e. The van der Waals surface area contributed by atoms with Crippen LogP contribution in [0.5, 0.6) is 11.5 Å². The average Bonchev–Trinajstić information content (AvgIpc) is 2.74. The SMILES string of the molecule is CCOc1cc(CNC2CN3CCC2CC3)cc(Cl)c1OCc1ccc(F)cc1. The van der Waals surface area contributed by atoms with Crippen LogP contribution in [0.4, 0.5) is 4.39 Å². The molecule has 5 rings (SSSR count). The number of hydrogen-bond acceptors (Lipinski definition) is 4. The molecule has 6 heteroatoms. The van der Waals surface area contributed by atoms with E-state index >= 15 is 0 Å². The van der Waals surface area contributed by atoms with Crippen LogP contribution in [-0.2, 0) is 13.2 Å². The number of hydrogen-bond donors (Lipinski definition) is 1. The van der Waals surface area contributed by atoms with Crippen molar-refractivity contribution in [2.75, 3.05) is 26.2 Å². The molecular weight excluding hydrogens is 391 g/mol. The highest BCUT2D eigenvalue weighted by Crippen LogP contribution is 2.37. The third kappa shape index (κ3) is 5.03. The maximum Gasteiger partial charge on any atom is 0.180 e. The van der Waals surface area contributed by atoms with Crippen LogP contribution >= 0.6 is 11.6 Å². The molecule has 0 radical (unpaired) electrons. The Morgan fingerprint density at radius 1 is 1.10 bits per heavy atom. The predicted molar refractivity (Wildman–Crippen MR) is 113 cm³/mol. The zero-order valence-electron chi connectivity index (χ0n) is 16.8. The Morgan fingerprint density at radius 3 is 2.52 bits per heavy atom. The van der Waals surface area contributed by atoms with Crippen LogP contribution < -0.4 is 14.8 Å². The first-order valence-corrected chi connectivity index (χ1v) is 10.8. The van der Waals surface area contributed by atoms with Crippen molar-refractivity contribution in [2.45, 2.75) is 39.0 Å². The monoisotopic (exact) mass is 418 g/mol. The normalized spacial score (nSPS) is 23.2. The Kier molecular flexibility index (Phi) is 6.58. The van der Waals surface area contributed by atoms with E-state index in [0.29, 0.717) is 35.8 Å². The van der Waals surface area contributed by atoms with Crippen LogP contribution in [0.2, 0.25) is 5.02 Å². The fourth-order valence-corrected chi connectivity index (χ4v) is 4.60. The molecule has 0 amide bonds. The van der Waals surface area contributed by atoms with Gasteiger partial charge < -0.3 is 19.7 Å². The van der Waals surface area contributed by atoms with Gasteiger partial charge in [0.05, 0.1) is 11.6 Å². The van der Waals surface area contributed by atoms with Gasteiger partial charge in [-0.05, 0) is 74.2 Å². The lowest BCUT2D eigenvalue weighted by molar-refractivity contribution is 0.0720. The molecule has 3 aliphatic heterocycles. The molecular formula is C23H28ClFN2O2. The summed E-state index contributed by atoms with van der Waals surface area (Å²) in [4.78, 5) is 2.54. The maximum atomic E-state index is 13.1. The number of nitrogens with zero attached hydrogens (tertiary/aromatic N) is 1. The second-order valence-electron chi connectivity index (χ2n) is 7.88. The fourth-order valence-electron chi connectivity index (χ4n) is 4.31. The number of fused-ring (bicyclic) bond motifs is 3. The standard InChI is InChI=1S/C23H28ClFN2O2/c1-2-28-22-12-17(13-26-21-14-27-9-7-18(21)8-10-27)11-20(24)23(22)29-15-16-3-5-19(25)6-4-16/h3-6,11-12,18,21,26H,2,7-10,13-15H2,1H3. The number of nitrogens with one attached hydrogen (secondary N) is 1. The maximum absolute atomic E-state index is 13.1. The average molecular weight is 419 g/mol. The van der Waals surface area contributed by atoms with Crippen molar-refractivity contribution in [1.29, 1.82) is 0 Å². The Morgan fingerprint density at radius 2 is 1.86 bits per heavy atom. The summed E-state index contributed by atoms with van der Waals surface area (Å²) < 4.78 is 24.8.